The van der Waals surface area contributed by atoms with Crippen LogP contribution >= 0.6 is 0 Å². The highest BCUT2D eigenvalue weighted by Gasteiger charge is 2.33. The molecule has 0 saturated heterocycles. The van der Waals surface area contributed by atoms with Gasteiger partial charge in [0.1, 0.15) is 0 Å². The summed E-state index contributed by atoms with van der Waals surface area (Å²) in [5.41, 5.74) is -0.805. The van der Waals surface area contributed by atoms with Gasteiger partial charge in [-0.05, 0) is 25.1 Å². The number of terminal acetylenes is 1. The predicted octanol–water partition coefficient (Wildman–Crippen LogP) is 3.04. The van der Waals surface area contributed by atoms with Crippen molar-refractivity contribution in [3.8, 4) is 18.4 Å². The molecule has 0 saturated carbocycles. The third-order valence-corrected chi connectivity index (χ3v) is 2.46. The van der Waals surface area contributed by atoms with Crippen LogP contribution in [0.4, 0.5) is 18.9 Å². The molecule has 0 aromatic heterocycles. The summed E-state index contributed by atoms with van der Waals surface area (Å²) < 4.78 is 37.8. The van der Waals surface area contributed by atoms with Crippen LogP contribution in [0.25, 0.3) is 0 Å². The van der Waals surface area contributed by atoms with Gasteiger partial charge in [-0.15, -0.1) is 6.42 Å². The number of rotatable bonds is 3. The largest absolute Gasteiger partial charge is 0.417 e. The Morgan fingerprint density at radius 1 is 1.39 bits per heavy atom. The highest BCUT2D eigenvalue weighted by molar-refractivity contribution is 5.55. The van der Waals surface area contributed by atoms with E-state index in [0.29, 0.717) is 12.2 Å². The average Bonchev–Trinajstić information content (AvgIpc) is 2.34. The molecule has 94 valence electrons. The van der Waals surface area contributed by atoms with Crippen molar-refractivity contribution in [3.63, 3.8) is 0 Å². The van der Waals surface area contributed by atoms with Gasteiger partial charge >= 0.3 is 6.18 Å². The van der Waals surface area contributed by atoms with Crippen molar-refractivity contribution in [1.82, 2.24) is 0 Å². The molecular formula is C13H11F3N2. The molecule has 1 rings (SSSR count). The van der Waals surface area contributed by atoms with E-state index in [9.17, 15) is 13.2 Å². The lowest BCUT2D eigenvalue weighted by Gasteiger charge is -2.21. The van der Waals surface area contributed by atoms with Crippen LogP contribution in [0.5, 0.6) is 0 Å². The van der Waals surface area contributed by atoms with E-state index in [1.807, 2.05) is 6.92 Å². The summed E-state index contributed by atoms with van der Waals surface area (Å²) in [4.78, 5) is 1.71. The zero-order valence-corrected chi connectivity index (χ0v) is 9.75. The molecule has 0 fully saturated rings. The van der Waals surface area contributed by atoms with E-state index in [0.717, 1.165) is 6.07 Å². The van der Waals surface area contributed by atoms with Gasteiger partial charge in [0.2, 0.25) is 0 Å². The van der Waals surface area contributed by atoms with Crippen molar-refractivity contribution in [2.75, 3.05) is 18.0 Å². The number of halogens is 3. The Hall–Kier alpha value is -2.14. The fraction of sp³-hybridized carbons (Fsp3) is 0.308. The van der Waals surface area contributed by atoms with E-state index in [4.69, 9.17) is 11.7 Å². The Morgan fingerprint density at radius 2 is 2.06 bits per heavy atom. The van der Waals surface area contributed by atoms with Crippen LogP contribution in [0, 0.1) is 23.7 Å². The summed E-state index contributed by atoms with van der Waals surface area (Å²) in [7, 11) is 0. The van der Waals surface area contributed by atoms with E-state index in [2.05, 4.69) is 5.92 Å². The van der Waals surface area contributed by atoms with Crippen LogP contribution in [0.1, 0.15) is 18.1 Å². The zero-order valence-electron chi connectivity index (χ0n) is 9.75. The SMILES string of the molecule is C#CCN(CC)c1ccc(C(F)(F)F)c(C#N)c1. The number of nitrogens with zero attached hydrogens (tertiary/aromatic N) is 2. The average molecular weight is 252 g/mol. The van der Waals surface area contributed by atoms with Gasteiger partial charge in [-0.2, -0.15) is 18.4 Å². The number of alkyl halides is 3. The van der Waals surface area contributed by atoms with Crippen molar-refractivity contribution in [1.29, 1.82) is 5.26 Å². The monoisotopic (exact) mass is 252 g/mol. The molecule has 1 aromatic carbocycles. The lowest BCUT2D eigenvalue weighted by atomic mass is 10.1. The summed E-state index contributed by atoms with van der Waals surface area (Å²) in [6.45, 7) is 2.67. The van der Waals surface area contributed by atoms with Crippen LogP contribution < -0.4 is 4.90 Å². The van der Waals surface area contributed by atoms with Crippen LogP contribution in [0.15, 0.2) is 18.2 Å². The van der Waals surface area contributed by atoms with Gasteiger partial charge in [0.15, 0.2) is 0 Å². The van der Waals surface area contributed by atoms with Crippen LogP contribution in [0.2, 0.25) is 0 Å². The van der Waals surface area contributed by atoms with Gasteiger partial charge < -0.3 is 4.90 Å². The van der Waals surface area contributed by atoms with Crippen molar-refractivity contribution in [3.05, 3.63) is 29.3 Å². The first-order valence-corrected chi connectivity index (χ1v) is 5.23. The van der Waals surface area contributed by atoms with E-state index in [1.54, 1.807) is 11.0 Å². The molecule has 0 bridgehead atoms. The van der Waals surface area contributed by atoms with Crippen molar-refractivity contribution >= 4 is 5.69 Å². The van der Waals surface area contributed by atoms with Crippen molar-refractivity contribution in [2.24, 2.45) is 0 Å². The van der Waals surface area contributed by atoms with Crippen molar-refractivity contribution in [2.45, 2.75) is 13.1 Å². The van der Waals surface area contributed by atoms with Crippen molar-refractivity contribution < 1.29 is 13.2 Å². The normalized spacial score (nSPS) is 10.6. The molecule has 0 unspecified atom stereocenters. The molecule has 0 heterocycles. The minimum atomic E-state index is -4.52. The Kier molecular flexibility index (Phi) is 4.23. The molecule has 5 heteroatoms. The summed E-state index contributed by atoms with van der Waals surface area (Å²) in [5, 5.41) is 8.78. The fourth-order valence-corrected chi connectivity index (χ4v) is 1.56. The molecule has 0 radical (unpaired) electrons. The van der Waals surface area contributed by atoms with Crippen LogP contribution in [-0.2, 0) is 6.18 Å². The molecule has 0 atom stereocenters. The third-order valence-electron chi connectivity index (χ3n) is 2.46. The molecule has 2 nitrogen and oxygen atoms in total. The quantitative estimate of drug-likeness (QED) is 0.773. The topological polar surface area (TPSA) is 27.0 Å². The van der Waals surface area contributed by atoms with E-state index < -0.39 is 17.3 Å². The van der Waals surface area contributed by atoms with E-state index >= 15 is 0 Å². The second-order valence-corrected chi connectivity index (χ2v) is 3.56. The molecule has 18 heavy (non-hydrogen) atoms. The standard InChI is InChI=1S/C13H11F3N2/c1-3-7-18(4-2)11-5-6-12(13(14,15)16)10(8-11)9-17/h1,5-6,8H,4,7H2,2H3. The third kappa shape index (κ3) is 2.95. The van der Waals surface area contributed by atoms with E-state index in [1.165, 1.54) is 12.1 Å². The highest BCUT2D eigenvalue weighted by atomic mass is 19.4. The van der Waals surface area contributed by atoms with Gasteiger partial charge in [-0.1, -0.05) is 5.92 Å². The summed E-state index contributed by atoms with van der Waals surface area (Å²) in [5.74, 6) is 2.42. The smallest absolute Gasteiger partial charge is 0.361 e. The van der Waals surface area contributed by atoms with Crippen LogP contribution in [-0.4, -0.2) is 13.1 Å². The Labute approximate surface area is 104 Å². The van der Waals surface area contributed by atoms with Gasteiger partial charge in [0.05, 0.1) is 23.7 Å². The molecule has 0 aliphatic rings. The number of anilines is 1. The fourth-order valence-electron chi connectivity index (χ4n) is 1.56. The number of hydrogen-bond donors (Lipinski definition) is 0. The van der Waals surface area contributed by atoms with Gasteiger partial charge in [-0.25, -0.2) is 0 Å². The van der Waals surface area contributed by atoms with Crippen LogP contribution in [0.3, 0.4) is 0 Å². The second-order valence-electron chi connectivity index (χ2n) is 3.56. The lowest BCUT2D eigenvalue weighted by Crippen LogP contribution is -2.23. The van der Waals surface area contributed by atoms with E-state index in [-0.39, 0.29) is 6.54 Å². The molecule has 1 aromatic rings. The first-order valence-electron chi connectivity index (χ1n) is 5.23. The number of hydrogen-bond acceptors (Lipinski definition) is 2. The Morgan fingerprint density at radius 3 is 2.50 bits per heavy atom. The highest BCUT2D eigenvalue weighted by Crippen LogP contribution is 2.33. The number of nitriles is 1. The summed E-state index contributed by atoms with van der Waals surface area (Å²) >= 11 is 0. The Bertz CT molecular complexity index is 506. The van der Waals surface area contributed by atoms with Gasteiger partial charge in [0, 0.05) is 12.2 Å². The molecule has 0 N–H and O–H groups in total. The van der Waals surface area contributed by atoms with Gasteiger partial charge in [-0.3, -0.25) is 0 Å². The molecule has 0 aliphatic carbocycles. The predicted molar refractivity (Wildman–Crippen MR) is 62.9 cm³/mol. The first-order chi connectivity index (χ1) is 8.43. The second kappa shape index (κ2) is 5.46. The molecule has 0 amide bonds. The zero-order chi connectivity index (χ0) is 13.8. The first kappa shape index (κ1) is 13.9. The molecule has 0 spiro atoms. The minimum Gasteiger partial charge on any atom is -0.361 e. The maximum absolute atomic E-state index is 12.6. The summed E-state index contributed by atoms with van der Waals surface area (Å²) in [6, 6.07) is 5.01. The lowest BCUT2D eigenvalue weighted by molar-refractivity contribution is -0.137. The number of benzene rings is 1. The minimum absolute atomic E-state index is 0.284. The molecule has 0 aliphatic heterocycles. The Balaban J connectivity index is 3.23. The maximum Gasteiger partial charge on any atom is 0.417 e. The maximum atomic E-state index is 12.6. The van der Waals surface area contributed by atoms with Gasteiger partial charge in [0.25, 0.3) is 0 Å². The summed E-state index contributed by atoms with van der Waals surface area (Å²) in [6.07, 6.45) is 0.654. The molecular weight excluding hydrogens is 241 g/mol.